The molecule has 2 rings (SSSR count). The second kappa shape index (κ2) is 4.22. The van der Waals surface area contributed by atoms with Crippen LogP contribution in [0.1, 0.15) is 52.9 Å². The van der Waals surface area contributed by atoms with Gasteiger partial charge in [-0.2, -0.15) is 0 Å². The van der Waals surface area contributed by atoms with Gasteiger partial charge in [-0.3, -0.25) is 0 Å². The molecule has 2 fully saturated rings. The molecule has 0 bridgehead atoms. The second-order valence-corrected chi connectivity index (χ2v) is 5.85. The van der Waals surface area contributed by atoms with E-state index in [4.69, 9.17) is 0 Å². The van der Waals surface area contributed by atoms with Gasteiger partial charge >= 0.3 is 0 Å². The summed E-state index contributed by atoms with van der Waals surface area (Å²) in [5, 5.41) is 3.85. The van der Waals surface area contributed by atoms with Crippen LogP contribution < -0.4 is 5.32 Å². The van der Waals surface area contributed by atoms with Crippen LogP contribution in [0.2, 0.25) is 0 Å². The van der Waals surface area contributed by atoms with Crippen molar-refractivity contribution < 1.29 is 0 Å². The topological polar surface area (TPSA) is 12.0 Å². The van der Waals surface area contributed by atoms with Crippen molar-refractivity contribution in [3.63, 3.8) is 0 Å². The molecule has 0 aromatic heterocycles. The van der Waals surface area contributed by atoms with Crippen molar-refractivity contribution >= 4 is 0 Å². The molecule has 0 heterocycles. The normalized spacial score (nSPS) is 42.9. The fourth-order valence-electron chi connectivity index (χ4n) is 3.04. The standard InChI is InChI=1S/C13H25N/c1-9(2)11-7-12(8-11)14-13-6-4-5-10(13)3/h9-14H,4-8H2,1-3H3. The maximum atomic E-state index is 3.85. The maximum Gasteiger partial charge on any atom is 0.00952 e. The zero-order valence-electron chi connectivity index (χ0n) is 9.92. The van der Waals surface area contributed by atoms with E-state index in [-0.39, 0.29) is 0 Å². The molecule has 0 saturated heterocycles. The van der Waals surface area contributed by atoms with Crippen LogP contribution in [-0.4, -0.2) is 12.1 Å². The third-order valence-corrected chi connectivity index (χ3v) is 4.43. The average Bonchev–Trinajstić information content (AvgIpc) is 2.42. The molecule has 1 N–H and O–H groups in total. The zero-order chi connectivity index (χ0) is 10.1. The second-order valence-electron chi connectivity index (χ2n) is 5.85. The van der Waals surface area contributed by atoms with Crippen LogP contribution >= 0.6 is 0 Å². The monoisotopic (exact) mass is 195 g/mol. The lowest BCUT2D eigenvalue weighted by molar-refractivity contribution is 0.151. The Labute approximate surface area is 88.7 Å². The van der Waals surface area contributed by atoms with Gasteiger partial charge < -0.3 is 5.32 Å². The lowest BCUT2D eigenvalue weighted by Crippen LogP contribution is -2.48. The highest BCUT2D eigenvalue weighted by molar-refractivity contribution is 4.91. The van der Waals surface area contributed by atoms with E-state index < -0.39 is 0 Å². The van der Waals surface area contributed by atoms with E-state index in [1.165, 1.54) is 32.1 Å². The van der Waals surface area contributed by atoms with E-state index in [0.29, 0.717) is 0 Å². The SMILES string of the molecule is CC(C)C1CC(NC2CCCC2C)C1. The van der Waals surface area contributed by atoms with Gasteiger partial charge in [0.2, 0.25) is 0 Å². The Morgan fingerprint density at radius 2 is 1.86 bits per heavy atom. The Morgan fingerprint density at radius 3 is 2.36 bits per heavy atom. The summed E-state index contributed by atoms with van der Waals surface area (Å²) >= 11 is 0. The van der Waals surface area contributed by atoms with Gasteiger partial charge in [-0.15, -0.1) is 0 Å². The molecule has 0 aromatic carbocycles. The molecule has 2 aliphatic rings. The minimum absolute atomic E-state index is 0.841. The summed E-state index contributed by atoms with van der Waals surface area (Å²) in [7, 11) is 0. The number of nitrogens with one attached hydrogen (secondary N) is 1. The molecule has 2 saturated carbocycles. The van der Waals surface area contributed by atoms with Gasteiger partial charge in [0, 0.05) is 12.1 Å². The van der Waals surface area contributed by atoms with Crippen LogP contribution in [0, 0.1) is 17.8 Å². The lowest BCUT2D eigenvalue weighted by Gasteiger charge is -2.40. The van der Waals surface area contributed by atoms with Crippen molar-refractivity contribution in [1.29, 1.82) is 0 Å². The molecule has 0 amide bonds. The first-order valence-electron chi connectivity index (χ1n) is 6.43. The van der Waals surface area contributed by atoms with E-state index in [2.05, 4.69) is 26.1 Å². The van der Waals surface area contributed by atoms with Crippen LogP contribution in [0.15, 0.2) is 0 Å². The van der Waals surface area contributed by atoms with Gasteiger partial charge in [0.25, 0.3) is 0 Å². The minimum atomic E-state index is 0.841. The van der Waals surface area contributed by atoms with Crippen molar-refractivity contribution in [2.24, 2.45) is 17.8 Å². The third kappa shape index (κ3) is 2.13. The van der Waals surface area contributed by atoms with Gasteiger partial charge in [-0.05, 0) is 43.4 Å². The summed E-state index contributed by atoms with van der Waals surface area (Å²) < 4.78 is 0. The summed E-state index contributed by atoms with van der Waals surface area (Å²) in [6, 6.07) is 1.70. The maximum absolute atomic E-state index is 3.85. The first kappa shape index (κ1) is 10.5. The Bertz CT molecular complexity index is 182. The molecule has 0 radical (unpaired) electrons. The number of rotatable bonds is 3. The van der Waals surface area contributed by atoms with Crippen molar-refractivity contribution in [2.45, 2.75) is 65.0 Å². The molecule has 0 spiro atoms. The van der Waals surface area contributed by atoms with E-state index in [9.17, 15) is 0 Å². The van der Waals surface area contributed by atoms with Gasteiger partial charge in [0.15, 0.2) is 0 Å². The van der Waals surface area contributed by atoms with Gasteiger partial charge in [-0.25, -0.2) is 0 Å². The summed E-state index contributed by atoms with van der Waals surface area (Å²) in [5.74, 6) is 2.83. The lowest BCUT2D eigenvalue weighted by atomic mass is 9.73. The molecule has 14 heavy (non-hydrogen) atoms. The molecule has 1 nitrogen and oxygen atoms in total. The molecule has 2 unspecified atom stereocenters. The van der Waals surface area contributed by atoms with E-state index in [1.807, 2.05) is 0 Å². The summed E-state index contributed by atoms with van der Waals surface area (Å²) in [6.07, 6.45) is 7.17. The fraction of sp³-hybridized carbons (Fsp3) is 1.00. The Kier molecular flexibility index (Phi) is 3.16. The molecular weight excluding hydrogens is 170 g/mol. The Balaban J connectivity index is 1.68. The van der Waals surface area contributed by atoms with Crippen LogP contribution in [0.5, 0.6) is 0 Å². The predicted octanol–water partition coefficient (Wildman–Crippen LogP) is 3.20. The van der Waals surface area contributed by atoms with Gasteiger partial charge in [0.1, 0.15) is 0 Å². The van der Waals surface area contributed by atoms with Gasteiger partial charge in [-0.1, -0.05) is 27.2 Å². The van der Waals surface area contributed by atoms with Gasteiger partial charge in [0.05, 0.1) is 0 Å². The van der Waals surface area contributed by atoms with Crippen molar-refractivity contribution in [2.75, 3.05) is 0 Å². The number of hydrogen-bond donors (Lipinski definition) is 1. The molecule has 0 aromatic rings. The summed E-state index contributed by atoms with van der Waals surface area (Å²) in [5.41, 5.74) is 0. The predicted molar refractivity (Wildman–Crippen MR) is 61.3 cm³/mol. The van der Waals surface area contributed by atoms with Crippen molar-refractivity contribution in [1.82, 2.24) is 5.32 Å². The van der Waals surface area contributed by atoms with Crippen LogP contribution in [0.25, 0.3) is 0 Å². The fourth-order valence-corrected chi connectivity index (χ4v) is 3.04. The molecule has 1 heteroatoms. The molecule has 2 aliphatic carbocycles. The molecular formula is C13H25N. The first-order chi connectivity index (χ1) is 6.66. The van der Waals surface area contributed by atoms with Crippen LogP contribution in [0.4, 0.5) is 0 Å². The minimum Gasteiger partial charge on any atom is -0.311 e. The molecule has 0 aliphatic heterocycles. The highest BCUT2D eigenvalue weighted by Crippen LogP contribution is 2.35. The van der Waals surface area contributed by atoms with E-state index >= 15 is 0 Å². The summed E-state index contributed by atoms with van der Waals surface area (Å²) in [6.45, 7) is 7.13. The van der Waals surface area contributed by atoms with E-state index in [1.54, 1.807) is 0 Å². The average molecular weight is 195 g/mol. The van der Waals surface area contributed by atoms with E-state index in [0.717, 1.165) is 29.8 Å². The van der Waals surface area contributed by atoms with Crippen molar-refractivity contribution in [3.05, 3.63) is 0 Å². The highest BCUT2D eigenvalue weighted by atomic mass is 15.0. The quantitative estimate of drug-likeness (QED) is 0.729. The van der Waals surface area contributed by atoms with Crippen LogP contribution in [0.3, 0.4) is 0 Å². The molecule has 82 valence electrons. The summed E-state index contributed by atoms with van der Waals surface area (Å²) in [4.78, 5) is 0. The number of hydrogen-bond acceptors (Lipinski definition) is 1. The van der Waals surface area contributed by atoms with Crippen molar-refractivity contribution in [3.8, 4) is 0 Å². The van der Waals surface area contributed by atoms with Crippen LogP contribution in [-0.2, 0) is 0 Å². The largest absolute Gasteiger partial charge is 0.311 e. The third-order valence-electron chi connectivity index (χ3n) is 4.43. The highest BCUT2D eigenvalue weighted by Gasteiger charge is 2.34. The smallest absolute Gasteiger partial charge is 0.00952 e. The zero-order valence-corrected chi connectivity index (χ0v) is 9.92. The Morgan fingerprint density at radius 1 is 1.14 bits per heavy atom. The Hall–Kier alpha value is -0.0400. The molecule has 2 atom stereocenters. The first-order valence-corrected chi connectivity index (χ1v) is 6.43.